The van der Waals surface area contributed by atoms with Gasteiger partial charge in [0.2, 0.25) is 0 Å². The highest BCUT2D eigenvalue weighted by Crippen LogP contribution is 2.42. The molecular weight excluding hydrogens is 292 g/mol. The second-order valence-corrected chi connectivity index (χ2v) is 6.21. The monoisotopic (exact) mass is 316 g/mol. The van der Waals surface area contributed by atoms with Crippen molar-refractivity contribution in [3.05, 3.63) is 108 Å². The fraction of sp³-hybridized carbons (Fsp3) is 0.182. The van der Waals surface area contributed by atoms with Crippen molar-refractivity contribution in [2.75, 3.05) is 0 Å². The third-order valence-electron chi connectivity index (χ3n) is 4.65. The summed E-state index contributed by atoms with van der Waals surface area (Å²) in [6.07, 6.45) is 1.29. The van der Waals surface area contributed by atoms with Gasteiger partial charge in [-0.05, 0) is 29.5 Å². The second-order valence-electron chi connectivity index (χ2n) is 6.21. The van der Waals surface area contributed by atoms with Gasteiger partial charge in [0.15, 0.2) is 0 Å². The Labute approximate surface area is 144 Å². The maximum Gasteiger partial charge on any atom is 0.0521 e. The number of hydrogen-bond donors (Lipinski definition) is 2. The second kappa shape index (κ2) is 7.43. The first-order valence-corrected chi connectivity index (χ1v) is 8.41. The van der Waals surface area contributed by atoms with Crippen molar-refractivity contribution in [2.24, 2.45) is 11.5 Å². The SMILES string of the molecule is NC(N)CCC(c1ccccc1)(c1ccccc1)c1ccccc1. The Morgan fingerprint density at radius 2 is 0.917 bits per heavy atom. The van der Waals surface area contributed by atoms with E-state index < -0.39 is 0 Å². The van der Waals surface area contributed by atoms with Gasteiger partial charge in [-0.15, -0.1) is 0 Å². The molecule has 2 nitrogen and oxygen atoms in total. The third kappa shape index (κ3) is 3.25. The largest absolute Gasteiger partial charge is 0.316 e. The molecule has 0 aliphatic rings. The molecule has 4 N–H and O–H groups in total. The van der Waals surface area contributed by atoms with Crippen LogP contribution in [0.15, 0.2) is 91.0 Å². The Hall–Kier alpha value is -2.42. The lowest BCUT2D eigenvalue weighted by Gasteiger charge is -2.36. The highest BCUT2D eigenvalue weighted by molar-refractivity contribution is 5.50. The summed E-state index contributed by atoms with van der Waals surface area (Å²) < 4.78 is 0. The summed E-state index contributed by atoms with van der Waals surface area (Å²) in [5.74, 6) is 0. The summed E-state index contributed by atoms with van der Waals surface area (Å²) in [5.41, 5.74) is 15.4. The molecule has 122 valence electrons. The summed E-state index contributed by atoms with van der Waals surface area (Å²) in [6, 6.07) is 31.9. The van der Waals surface area contributed by atoms with Crippen LogP contribution in [-0.2, 0) is 5.41 Å². The average Bonchev–Trinajstić information content (AvgIpc) is 2.65. The van der Waals surface area contributed by atoms with Crippen molar-refractivity contribution in [3.8, 4) is 0 Å². The smallest absolute Gasteiger partial charge is 0.0521 e. The van der Waals surface area contributed by atoms with E-state index in [-0.39, 0.29) is 11.6 Å². The summed E-state index contributed by atoms with van der Waals surface area (Å²) in [7, 11) is 0. The standard InChI is InChI=1S/C22H24N2/c23-21(24)16-17-22(18-10-4-1-5-11-18,19-12-6-2-7-13-19)20-14-8-3-9-15-20/h1-15,21H,16-17,23-24H2. The number of nitrogens with two attached hydrogens (primary N) is 2. The van der Waals surface area contributed by atoms with E-state index in [1.165, 1.54) is 16.7 Å². The fourth-order valence-corrected chi connectivity index (χ4v) is 3.48. The van der Waals surface area contributed by atoms with E-state index in [9.17, 15) is 0 Å². The number of benzene rings is 3. The first-order valence-electron chi connectivity index (χ1n) is 8.41. The van der Waals surface area contributed by atoms with Gasteiger partial charge in [-0.25, -0.2) is 0 Å². The zero-order chi connectivity index (χ0) is 16.8. The molecule has 0 aliphatic heterocycles. The highest BCUT2D eigenvalue weighted by atomic mass is 14.8. The Morgan fingerprint density at radius 1 is 0.583 bits per heavy atom. The molecule has 0 radical (unpaired) electrons. The lowest BCUT2D eigenvalue weighted by atomic mass is 9.66. The van der Waals surface area contributed by atoms with E-state index in [0.29, 0.717) is 0 Å². The third-order valence-corrected chi connectivity index (χ3v) is 4.65. The number of rotatable bonds is 6. The molecule has 0 amide bonds. The van der Waals surface area contributed by atoms with Crippen molar-refractivity contribution in [1.29, 1.82) is 0 Å². The Kier molecular flexibility index (Phi) is 5.09. The lowest BCUT2D eigenvalue weighted by Crippen LogP contribution is -2.36. The Morgan fingerprint density at radius 3 is 1.21 bits per heavy atom. The molecule has 0 aliphatic carbocycles. The molecule has 24 heavy (non-hydrogen) atoms. The molecule has 0 saturated heterocycles. The van der Waals surface area contributed by atoms with Gasteiger partial charge >= 0.3 is 0 Å². The van der Waals surface area contributed by atoms with Gasteiger partial charge < -0.3 is 11.5 Å². The van der Waals surface area contributed by atoms with Crippen LogP contribution in [0.2, 0.25) is 0 Å². The maximum absolute atomic E-state index is 5.91. The van der Waals surface area contributed by atoms with Crippen LogP contribution in [0.4, 0.5) is 0 Å². The zero-order valence-electron chi connectivity index (χ0n) is 13.8. The van der Waals surface area contributed by atoms with Crippen LogP contribution >= 0.6 is 0 Å². The molecule has 3 aromatic carbocycles. The van der Waals surface area contributed by atoms with Gasteiger partial charge in [-0.2, -0.15) is 0 Å². The Bertz CT molecular complexity index is 640. The summed E-state index contributed by atoms with van der Waals surface area (Å²) >= 11 is 0. The van der Waals surface area contributed by atoms with Gasteiger partial charge in [0, 0.05) is 5.41 Å². The van der Waals surface area contributed by atoms with Gasteiger partial charge in [0.1, 0.15) is 0 Å². The highest BCUT2D eigenvalue weighted by Gasteiger charge is 2.35. The van der Waals surface area contributed by atoms with E-state index in [2.05, 4.69) is 91.0 Å². The number of hydrogen-bond acceptors (Lipinski definition) is 2. The molecule has 0 saturated carbocycles. The summed E-state index contributed by atoms with van der Waals surface area (Å²) in [6.45, 7) is 0. The van der Waals surface area contributed by atoms with Crippen LogP contribution in [0.25, 0.3) is 0 Å². The van der Waals surface area contributed by atoms with Gasteiger partial charge in [0.25, 0.3) is 0 Å². The van der Waals surface area contributed by atoms with Gasteiger partial charge in [0.05, 0.1) is 6.17 Å². The lowest BCUT2D eigenvalue weighted by molar-refractivity contribution is 0.489. The van der Waals surface area contributed by atoms with Crippen LogP contribution in [-0.4, -0.2) is 6.17 Å². The quantitative estimate of drug-likeness (QED) is 0.532. The first kappa shape index (κ1) is 16.4. The van der Waals surface area contributed by atoms with Crippen LogP contribution in [0.1, 0.15) is 29.5 Å². The van der Waals surface area contributed by atoms with Crippen molar-refractivity contribution in [1.82, 2.24) is 0 Å². The molecule has 0 spiro atoms. The minimum atomic E-state index is -0.319. The van der Waals surface area contributed by atoms with E-state index in [1.54, 1.807) is 0 Å². The fourth-order valence-electron chi connectivity index (χ4n) is 3.48. The topological polar surface area (TPSA) is 52.0 Å². The van der Waals surface area contributed by atoms with Crippen molar-refractivity contribution in [3.63, 3.8) is 0 Å². The average molecular weight is 316 g/mol. The van der Waals surface area contributed by atoms with Crippen LogP contribution in [0.5, 0.6) is 0 Å². The molecule has 3 rings (SSSR count). The van der Waals surface area contributed by atoms with Crippen molar-refractivity contribution in [2.45, 2.75) is 24.4 Å². The minimum Gasteiger partial charge on any atom is -0.316 e. The molecule has 0 heterocycles. The molecule has 0 atom stereocenters. The molecule has 3 aromatic rings. The molecule has 0 fully saturated rings. The summed E-state index contributed by atoms with van der Waals surface area (Å²) in [5, 5.41) is 0. The van der Waals surface area contributed by atoms with Gasteiger partial charge in [-0.3, -0.25) is 0 Å². The maximum atomic E-state index is 5.91. The molecule has 0 aromatic heterocycles. The normalized spacial score (nSPS) is 11.6. The van der Waals surface area contributed by atoms with E-state index in [1.807, 2.05) is 0 Å². The predicted molar refractivity (Wildman–Crippen MR) is 101 cm³/mol. The molecule has 0 bridgehead atoms. The van der Waals surface area contributed by atoms with Gasteiger partial charge in [-0.1, -0.05) is 91.0 Å². The van der Waals surface area contributed by atoms with E-state index in [0.717, 1.165) is 12.8 Å². The minimum absolute atomic E-state index is 0.249. The molecule has 2 heteroatoms. The summed E-state index contributed by atoms with van der Waals surface area (Å²) in [4.78, 5) is 0. The molecular formula is C22H24N2. The molecule has 0 unspecified atom stereocenters. The van der Waals surface area contributed by atoms with E-state index >= 15 is 0 Å². The first-order chi connectivity index (χ1) is 11.7. The van der Waals surface area contributed by atoms with E-state index in [4.69, 9.17) is 11.5 Å². The Balaban J connectivity index is 2.24. The zero-order valence-corrected chi connectivity index (χ0v) is 13.8. The van der Waals surface area contributed by atoms with Crippen molar-refractivity contribution < 1.29 is 0 Å². The van der Waals surface area contributed by atoms with Crippen LogP contribution in [0.3, 0.4) is 0 Å². The van der Waals surface area contributed by atoms with Crippen LogP contribution in [0, 0.1) is 0 Å². The van der Waals surface area contributed by atoms with Crippen LogP contribution < -0.4 is 11.5 Å². The predicted octanol–water partition coefficient (Wildman–Crippen LogP) is 4.04. The van der Waals surface area contributed by atoms with Crippen molar-refractivity contribution >= 4 is 0 Å².